The van der Waals surface area contributed by atoms with Gasteiger partial charge < -0.3 is 0 Å². The normalized spacial score (nSPS) is 19.3. The number of allylic oxidation sites excluding steroid dienone is 3. The Kier molecular flexibility index (Phi) is 4.85. The molecule has 0 bridgehead atoms. The van der Waals surface area contributed by atoms with Crippen molar-refractivity contribution in [2.75, 3.05) is 0 Å². The van der Waals surface area contributed by atoms with Crippen LogP contribution in [0.15, 0.2) is 23.8 Å². The summed E-state index contributed by atoms with van der Waals surface area (Å²) in [6.07, 6.45) is 5.63. The van der Waals surface area contributed by atoms with Crippen molar-refractivity contribution in [1.29, 1.82) is 0 Å². The topological polar surface area (TPSA) is 0 Å². The van der Waals surface area contributed by atoms with Crippen LogP contribution in [0.25, 0.3) is 0 Å². The molecule has 0 fully saturated rings. The molecule has 0 radical (unpaired) electrons. The highest BCUT2D eigenvalue weighted by Crippen LogP contribution is 2.27. The van der Waals surface area contributed by atoms with E-state index in [2.05, 4.69) is 62.5 Å². The maximum absolute atomic E-state index is 4.02. The molecular weight excluding hydrogens is 220 g/mol. The molecule has 1 aliphatic rings. The van der Waals surface area contributed by atoms with Gasteiger partial charge in [0.15, 0.2) is 0 Å². The third-order valence-electron chi connectivity index (χ3n) is 2.83. The Balaban J connectivity index is 2.58. The SMILES string of the molecule is C=C(C)[C@@H]1CC=C(C#CC#C[Si](C)(C)C)CC1. The highest BCUT2D eigenvalue weighted by molar-refractivity contribution is 6.83. The fourth-order valence-electron chi connectivity index (χ4n) is 1.73. The standard InChI is InChI=1S/C16H22Si/c1-14(2)16-11-9-15(10-12-16)8-6-7-13-17(3,4)5/h9,16H,1,10-12H2,2-5H3/t16-/m1/s1. The van der Waals surface area contributed by atoms with Gasteiger partial charge in [-0.25, -0.2) is 0 Å². The average Bonchev–Trinajstić information content (AvgIpc) is 2.24. The van der Waals surface area contributed by atoms with Crippen LogP contribution in [0.2, 0.25) is 19.6 Å². The summed E-state index contributed by atoms with van der Waals surface area (Å²) in [4.78, 5) is 0. The Bertz CT molecular complexity index is 438. The fraction of sp³-hybridized carbons (Fsp3) is 0.500. The lowest BCUT2D eigenvalue weighted by atomic mass is 9.86. The molecule has 1 aliphatic carbocycles. The summed E-state index contributed by atoms with van der Waals surface area (Å²) >= 11 is 0. The predicted molar refractivity (Wildman–Crippen MR) is 79.1 cm³/mol. The molecule has 0 saturated carbocycles. The summed E-state index contributed by atoms with van der Waals surface area (Å²) in [7, 11) is -1.26. The summed E-state index contributed by atoms with van der Waals surface area (Å²) in [5.74, 6) is 9.83. The highest BCUT2D eigenvalue weighted by Gasteiger charge is 2.13. The zero-order chi connectivity index (χ0) is 12.9. The van der Waals surface area contributed by atoms with Gasteiger partial charge in [-0.1, -0.05) is 43.8 Å². The molecule has 0 unspecified atom stereocenters. The Hall–Kier alpha value is -1.18. The van der Waals surface area contributed by atoms with Gasteiger partial charge in [0.1, 0.15) is 8.07 Å². The third kappa shape index (κ3) is 5.62. The largest absolute Gasteiger partial charge is 0.130 e. The first kappa shape index (κ1) is 13.9. The Morgan fingerprint density at radius 1 is 1.35 bits per heavy atom. The van der Waals surface area contributed by atoms with Crippen molar-refractivity contribution < 1.29 is 0 Å². The predicted octanol–water partition coefficient (Wildman–Crippen LogP) is 4.17. The first-order valence-corrected chi connectivity index (χ1v) is 9.76. The molecule has 0 aromatic carbocycles. The van der Waals surface area contributed by atoms with Crippen LogP contribution in [0.3, 0.4) is 0 Å². The van der Waals surface area contributed by atoms with Crippen molar-refractivity contribution >= 4 is 8.07 Å². The molecule has 1 rings (SSSR count). The van der Waals surface area contributed by atoms with Crippen molar-refractivity contribution in [3.05, 3.63) is 23.8 Å². The Morgan fingerprint density at radius 3 is 2.53 bits per heavy atom. The van der Waals surface area contributed by atoms with Gasteiger partial charge in [-0.2, -0.15) is 0 Å². The molecule has 1 heteroatoms. The van der Waals surface area contributed by atoms with E-state index in [9.17, 15) is 0 Å². The summed E-state index contributed by atoms with van der Waals surface area (Å²) in [6.45, 7) is 12.8. The molecule has 0 nitrogen and oxygen atoms in total. The molecule has 0 spiro atoms. The van der Waals surface area contributed by atoms with E-state index in [-0.39, 0.29) is 0 Å². The number of hydrogen-bond acceptors (Lipinski definition) is 0. The summed E-state index contributed by atoms with van der Waals surface area (Å²) < 4.78 is 0. The van der Waals surface area contributed by atoms with E-state index >= 15 is 0 Å². The second kappa shape index (κ2) is 5.94. The third-order valence-corrected chi connectivity index (χ3v) is 3.71. The summed E-state index contributed by atoms with van der Waals surface area (Å²) in [6, 6.07) is 0. The van der Waals surface area contributed by atoms with Crippen molar-refractivity contribution in [2.45, 2.75) is 45.8 Å². The first-order valence-electron chi connectivity index (χ1n) is 6.26. The molecule has 0 aromatic rings. The molecule has 17 heavy (non-hydrogen) atoms. The number of rotatable bonds is 1. The number of hydrogen-bond donors (Lipinski definition) is 0. The van der Waals surface area contributed by atoms with Crippen molar-refractivity contribution in [1.82, 2.24) is 0 Å². The van der Waals surface area contributed by atoms with Gasteiger partial charge in [-0.15, -0.1) is 5.54 Å². The van der Waals surface area contributed by atoms with Crippen LogP contribution in [0.5, 0.6) is 0 Å². The van der Waals surface area contributed by atoms with E-state index in [4.69, 9.17) is 0 Å². The second-order valence-electron chi connectivity index (χ2n) is 5.80. The van der Waals surface area contributed by atoms with Gasteiger partial charge >= 0.3 is 0 Å². The molecule has 0 N–H and O–H groups in total. The van der Waals surface area contributed by atoms with Crippen LogP contribution < -0.4 is 0 Å². The zero-order valence-corrected chi connectivity index (χ0v) is 12.5. The van der Waals surface area contributed by atoms with E-state index in [0.29, 0.717) is 5.92 Å². The molecule has 0 aromatic heterocycles. The molecule has 0 heterocycles. The van der Waals surface area contributed by atoms with E-state index in [0.717, 1.165) is 12.8 Å². The second-order valence-corrected chi connectivity index (χ2v) is 10.5. The smallest absolute Gasteiger partial charge is 0.118 e. The molecule has 0 saturated heterocycles. The van der Waals surface area contributed by atoms with Gasteiger partial charge in [0.25, 0.3) is 0 Å². The Morgan fingerprint density at radius 2 is 2.06 bits per heavy atom. The fourth-order valence-corrected chi connectivity index (χ4v) is 2.16. The highest BCUT2D eigenvalue weighted by atomic mass is 28.3. The maximum Gasteiger partial charge on any atom is 0.130 e. The van der Waals surface area contributed by atoms with Crippen LogP contribution in [-0.4, -0.2) is 8.07 Å². The van der Waals surface area contributed by atoms with Crippen LogP contribution in [0.1, 0.15) is 26.2 Å². The Labute approximate surface area is 107 Å². The lowest BCUT2D eigenvalue weighted by molar-refractivity contribution is 0.547. The molecular formula is C16H22Si. The van der Waals surface area contributed by atoms with Crippen molar-refractivity contribution in [2.24, 2.45) is 5.92 Å². The summed E-state index contributed by atoms with van der Waals surface area (Å²) in [5, 5.41) is 0. The summed E-state index contributed by atoms with van der Waals surface area (Å²) in [5.41, 5.74) is 5.82. The maximum atomic E-state index is 4.02. The van der Waals surface area contributed by atoms with Gasteiger partial charge in [-0.3, -0.25) is 0 Å². The lowest BCUT2D eigenvalue weighted by Crippen LogP contribution is -2.16. The molecule has 0 aliphatic heterocycles. The zero-order valence-electron chi connectivity index (χ0n) is 11.5. The quantitative estimate of drug-likeness (QED) is 0.368. The monoisotopic (exact) mass is 242 g/mol. The molecule has 0 amide bonds. The van der Waals surface area contributed by atoms with Crippen LogP contribution in [-0.2, 0) is 0 Å². The van der Waals surface area contributed by atoms with Crippen LogP contribution in [0.4, 0.5) is 0 Å². The van der Waals surface area contributed by atoms with Crippen molar-refractivity contribution in [3.63, 3.8) is 0 Å². The van der Waals surface area contributed by atoms with Gasteiger partial charge in [0, 0.05) is 0 Å². The first-order chi connectivity index (χ1) is 7.88. The minimum atomic E-state index is -1.26. The van der Waals surface area contributed by atoms with E-state index in [1.165, 1.54) is 17.6 Å². The van der Waals surface area contributed by atoms with Gasteiger partial charge in [0.2, 0.25) is 0 Å². The molecule has 1 atom stereocenters. The van der Waals surface area contributed by atoms with Crippen molar-refractivity contribution in [3.8, 4) is 23.3 Å². The van der Waals surface area contributed by atoms with Gasteiger partial charge in [0.05, 0.1) is 0 Å². The molecule has 90 valence electrons. The average molecular weight is 242 g/mol. The van der Waals surface area contributed by atoms with E-state index in [1.54, 1.807) is 0 Å². The van der Waals surface area contributed by atoms with E-state index < -0.39 is 8.07 Å². The minimum Gasteiger partial charge on any atom is -0.118 e. The van der Waals surface area contributed by atoms with Gasteiger partial charge in [-0.05, 0) is 49.5 Å². The minimum absolute atomic E-state index is 0.661. The van der Waals surface area contributed by atoms with Crippen LogP contribution in [0, 0.1) is 29.2 Å². The van der Waals surface area contributed by atoms with E-state index in [1.807, 2.05) is 0 Å². The lowest BCUT2D eigenvalue weighted by Gasteiger charge is -2.19. The van der Waals surface area contributed by atoms with Crippen LogP contribution >= 0.6 is 0 Å².